The van der Waals surface area contributed by atoms with Crippen LogP contribution in [0.2, 0.25) is 0 Å². The Bertz CT molecular complexity index is 269. The van der Waals surface area contributed by atoms with Crippen LogP contribution in [-0.4, -0.2) is 61.5 Å². The van der Waals surface area contributed by atoms with Crippen molar-refractivity contribution < 1.29 is 14.3 Å². The van der Waals surface area contributed by atoms with E-state index in [0.717, 1.165) is 0 Å². The van der Waals surface area contributed by atoms with Crippen LogP contribution in [0.3, 0.4) is 0 Å². The van der Waals surface area contributed by atoms with Crippen molar-refractivity contribution in [1.29, 1.82) is 0 Å². The summed E-state index contributed by atoms with van der Waals surface area (Å²) in [7, 11) is 5.24. The van der Waals surface area contributed by atoms with Crippen LogP contribution in [0.15, 0.2) is 0 Å². The molecule has 0 heterocycles. The van der Waals surface area contributed by atoms with E-state index in [0.29, 0.717) is 19.5 Å². The van der Waals surface area contributed by atoms with Gasteiger partial charge in [-0.15, -0.1) is 0 Å². The zero-order valence-electron chi connectivity index (χ0n) is 11.7. The summed E-state index contributed by atoms with van der Waals surface area (Å²) < 4.78 is 5.18. The van der Waals surface area contributed by atoms with Gasteiger partial charge in [-0.3, -0.25) is 14.5 Å². The van der Waals surface area contributed by atoms with E-state index in [9.17, 15) is 9.59 Å². The summed E-state index contributed by atoms with van der Waals surface area (Å²) in [5.74, 6) is -0.210. The molecule has 0 rings (SSSR count). The van der Waals surface area contributed by atoms with E-state index < -0.39 is 5.60 Å². The summed E-state index contributed by atoms with van der Waals surface area (Å²) >= 11 is 0. The van der Waals surface area contributed by atoms with E-state index in [4.69, 9.17) is 4.74 Å². The van der Waals surface area contributed by atoms with Crippen molar-refractivity contribution in [3.8, 4) is 0 Å². The van der Waals surface area contributed by atoms with Gasteiger partial charge >= 0.3 is 5.97 Å². The number of esters is 1. The molecule has 0 radical (unpaired) electrons. The molecule has 17 heavy (non-hydrogen) atoms. The second-order valence-electron chi connectivity index (χ2n) is 5.36. The van der Waals surface area contributed by atoms with Crippen LogP contribution in [0.4, 0.5) is 0 Å². The Morgan fingerprint density at radius 1 is 1.12 bits per heavy atom. The van der Waals surface area contributed by atoms with Crippen LogP contribution in [0.25, 0.3) is 0 Å². The van der Waals surface area contributed by atoms with Gasteiger partial charge in [0.25, 0.3) is 0 Å². The number of rotatable bonds is 5. The highest BCUT2D eigenvalue weighted by molar-refractivity contribution is 5.77. The summed E-state index contributed by atoms with van der Waals surface area (Å²) in [5, 5.41) is 0. The van der Waals surface area contributed by atoms with Crippen LogP contribution < -0.4 is 0 Å². The summed E-state index contributed by atoms with van der Waals surface area (Å²) in [6.45, 7) is 6.35. The third-order valence-electron chi connectivity index (χ3n) is 2.02. The van der Waals surface area contributed by atoms with E-state index in [2.05, 4.69) is 0 Å². The molecular weight excluding hydrogens is 220 g/mol. The lowest BCUT2D eigenvalue weighted by atomic mass is 10.2. The summed E-state index contributed by atoms with van der Waals surface area (Å²) in [6, 6.07) is 0. The van der Waals surface area contributed by atoms with Gasteiger partial charge in [0.2, 0.25) is 5.91 Å². The number of carbonyl (C=O) groups is 2. The lowest BCUT2D eigenvalue weighted by Crippen LogP contribution is -2.36. The molecule has 0 aliphatic carbocycles. The first kappa shape index (κ1) is 15.9. The van der Waals surface area contributed by atoms with Crippen molar-refractivity contribution >= 4 is 11.9 Å². The Balaban J connectivity index is 3.88. The van der Waals surface area contributed by atoms with Crippen LogP contribution in [0.5, 0.6) is 0 Å². The Morgan fingerprint density at radius 3 is 2.06 bits per heavy atom. The number of carbonyl (C=O) groups excluding carboxylic acids is 2. The molecule has 100 valence electrons. The SMILES string of the molecule is CN(CCC(=O)OC(C)(C)C)CC(=O)N(C)C. The predicted molar refractivity (Wildman–Crippen MR) is 66.7 cm³/mol. The number of nitrogens with zero attached hydrogens (tertiary/aromatic N) is 2. The van der Waals surface area contributed by atoms with Crippen LogP contribution in [-0.2, 0) is 14.3 Å². The second kappa shape index (κ2) is 6.59. The van der Waals surface area contributed by atoms with Crippen molar-refractivity contribution in [3.63, 3.8) is 0 Å². The maximum atomic E-state index is 11.4. The summed E-state index contributed by atoms with van der Waals surface area (Å²) in [6.07, 6.45) is 0.300. The van der Waals surface area contributed by atoms with Crippen LogP contribution in [0.1, 0.15) is 27.2 Å². The molecule has 0 saturated heterocycles. The van der Waals surface area contributed by atoms with E-state index in [-0.39, 0.29) is 11.9 Å². The first-order valence-corrected chi connectivity index (χ1v) is 5.72. The minimum atomic E-state index is -0.449. The van der Waals surface area contributed by atoms with Gasteiger partial charge in [-0.25, -0.2) is 0 Å². The molecule has 0 spiro atoms. The fourth-order valence-corrected chi connectivity index (χ4v) is 1.13. The predicted octanol–water partition coefficient (Wildman–Crippen LogP) is 0.738. The van der Waals surface area contributed by atoms with Crippen molar-refractivity contribution in [2.75, 3.05) is 34.2 Å². The topological polar surface area (TPSA) is 49.9 Å². The molecule has 0 aromatic carbocycles. The normalized spacial score (nSPS) is 11.5. The highest BCUT2D eigenvalue weighted by Crippen LogP contribution is 2.08. The zero-order chi connectivity index (χ0) is 13.6. The monoisotopic (exact) mass is 244 g/mol. The van der Waals surface area contributed by atoms with Crippen molar-refractivity contribution in [2.45, 2.75) is 32.8 Å². The Kier molecular flexibility index (Phi) is 6.16. The van der Waals surface area contributed by atoms with Gasteiger partial charge in [-0.2, -0.15) is 0 Å². The second-order valence-corrected chi connectivity index (χ2v) is 5.36. The quantitative estimate of drug-likeness (QED) is 0.669. The van der Waals surface area contributed by atoms with Gasteiger partial charge < -0.3 is 9.64 Å². The number of ether oxygens (including phenoxy) is 1. The lowest BCUT2D eigenvalue weighted by molar-refractivity contribution is -0.155. The van der Waals surface area contributed by atoms with E-state index in [1.807, 2.05) is 32.7 Å². The molecule has 0 atom stereocenters. The van der Waals surface area contributed by atoms with Crippen molar-refractivity contribution in [1.82, 2.24) is 9.80 Å². The molecule has 1 amide bonds. The first-order valence-electron chi connectivity index (χ1n) is 5.72. The van der Waals surface area contributed by atoms with Crippen LogP contribution in [0, 0.1) is 0 Å². The Morgan fingerprint density at radius 2 is 1.65 bits per heavy atom. The molecule has 0 aromatic heterocycles. The van der Waals surface area contributed by atoms with Crippen molar-refractivity contribution in [3.05, 3.63) is 0 Å². The molecule has 0 aromatic rings. The number of amides is 1. The van der Waals surface area contributed by atoms with E-state index in [1.54, 1.807) is 14.1 Å². The highest BCUT2D eigenvalue weighted by Gasteiger charge is 2.17. The first-order chi connectivity index (χ1) is 7.61. The molecule has 5 nitrogen and oxygen atoms in total. The van der Waals surface area contributed by atoms with E-state index >= 15 is 0 Å². The summed E-state index contributed by atoms with van der Waals surface area (Å²) in [5.41, 5.74) is -0.449. The Hall–Kier alpha value is -1.10. The fourth-order valence-electron chi connectivity index (χ4n) is 1.13. The smallest absolute Gasteiger partial charge is 0.307 e. The van der Waals surface area contributed by atoms with Gasteiger partial charge in [0.15, 0.2) is 0 Å². The average molecular weight is 244 g/mol. The molecule has 0 aliphatic heterocycles. The highest BCUT2D eigenvalue weighted by atomic mass is 16.6. The van der Waals surface area contributed by atoms with E-state index in [1.165, 1.54) is 4.90 Å². The van der Waals surface area contributed by atoms with Crippen molar-refractivity contribution in [2.24, 2.45) is 0 Å². The molecule has 5 heteroatoms. The van der Waals surface area contributed by atoms with Gasteiger partial charge in [0.05, 0.1) is 13.0 Å². The molecule has 0 aliphatic rings. The third-order valence-corrected chi connectivity index (χ3v) is 2.02. The molecular formula is C12H24N2O3. The molecule has 0 saturated carbocycles. The minimum absolute atomic E-state index is 0.0247. The largest absolute Gasteiger partial charge is 0.460 e. The Labute approximate surface area is 104 Å². The zero-order valence-corrected chi connectivity index (χ0v) is 11.7. The van der Waals surface area contributed by atoms with Gasteiger partial charge in [-0.05, 0) is 27.8 Å². The molecule has 0 fully saturated rings. The fraction of sp³-hybridized carbons (Fsp3) is 0.833. The number of hydrogen-bond acceptors (Lipinski definition) is 4. The standard InChI is InChI=1S/C12H24N2O3/c1-12(2,3)17-11(16)7-8-14(6)9-10(15)13(4)5/h7-9H2,1-6H3. The molecule has 0 bridgehead atoms. The molecule has 0 N–H and O–H groups in total. The maximum absolute atomic E-state index is 11.4. The van der Waals surface area contributed by atoms with Gasteiger partial charge in [-0.1, -0.05) is 0 Å². The molecule has 0 unspecified atom stereocenters. The maximum Gasteiger partial charge on any atom is 0.307 e. The lowest BCUT2D eigenvalue weighted by Gasteiger charge is -2.21. The number of hydrogen-bond donors (Lipinski definition) is 0. The van der Waals surface area contributed by atoms with Gasteiger partial charge in [0.1, 0.15) is 5.60 Å². The van der Waals surface area contributed by atoms with Gasteiger partial charge in [0, 0.05) is 20.6 Å². The number of likely N-dealkylation sites (N-methyl/N-ethyl adjacent to an activating group) is 2. The van der Waals surface area contributed by atoms with Crippen LogP contribution >= 0.6 is 0 Å². The average Bonchev–Trinajstić information content (AvgIpc) is 2.11. The third kappa shape index (κ3) is 8.68. The summed E-state index contributed by atoms with van der Waals surface area (Å²) in [4.78, 5) is 26.2. The minimum Gasteiger partial charge on any atom is -0.460 e.